The zero-order chi connectivity index (χ0) is 10.1. The van der Waals surface area contributed by atoms with Crippen LogP contribution >= 0.6 is 0 Å². The Morgan fingerprint density at radius 3 is 2.79 bits per heavy atom. The van der Waals surface area contributed by atoms with E-state index in [4.69, 9.17) is 5.11 Å². The third kappa shape index (κ3) is 1.42. The number of hydrogen-bond acceptors (Lipinski definition) is 3. The molecule has 3 heteroatoms. The van der Waals surface area contributed by atoms with Gasteiger partial charge in [0, 0.05) is 11.1 Å². The molecule has 1 aromatic heterocycles. The van der Waals surface area contributed by atoms with Gasteiger partial charge in [-0.05, 0) is 36.8 Å². The molecule has 14 heavy (non-hydrogen) atoms. The molecule has 3 nitrogen and oxygen atoms in total. The van der Waals surface area contributed by atoms with E-state index in [-0.39, 0.29) is 12.4 Å². The predicted octanol–water partition coefficient (Wildman–Crippen LogP) is 1.74. The minimum Gasteiger partial charge on any atom is -0.508 e. The molecule has 0 fully saturated rings. The summed E-state index contributed by atoms with van der Waals surface area (Å²) in [5.41, 5.74) is 2.45. The van der Waals surface area contributed by atoms with Crippen LogP contribution in [0.5, 0.6) is 5.75 Å². The summed E-state index contributed by atoms with van der Waals surface area (Å²) in [5, 5.41) is 19.2. The number of fused-ring (bicyclic) bond motifs is 1. The number of aliphatic hydroxyl groups excluding tert-OH is 1. The number of phenolic OH excluding ortho intramolecular Hbond substituents is 1. The number of phenols is 1. The normalized spacial score (nSPS) is 10.7. The van der Waals surface area contributed by atoms with Gasteiger partial charge < -0.3 is 10.2 Å². The maximum Gasteiger partial charge on any atom is 0.116 e. The van der Waals surface area contributed by atoms with E-state index in [2.05, 4.69) is 4.98 Å². The summed E-state index contributed by atoms with van der Waals surface area (Å²) in [6, 6.07) is 6.85. The molecule has 0 spiro atoms. The first kappa shape index (κ1) is 8.97. The van der Waals surface area contributed by atoms with E-state index in [1.165, 1.54) is 0 Å². The van der Waals surface area contributed by atoms with Gasteiger partial charge >= 0.3 is 0 Å². The highest BCUT2D eigenvalue weighted by atomic mass is 16.3. The van der Waals surface area contributed by atoms with Gasteiger partial charge in [-0.3, -0.25) is 4.98 Å². The van der Waals surface area contributed by atoms with Crippen LogP contribution in [-0.4, -0.2) is 15.2 Å². The maximum absolute atomic E-state index is 9.27. The topological polar surface area (TPSA) is 53.4 Å². The molecule has 72 valence electrons. The number of aliphatic hydroxyl groups is 1. The third-order valence-corrected chi connectivity index (χ3v) is 2.26. The van der Waals surface area contributed by atoms with Crippen LogP contribution in [0.25, 0.3) is 10.9 Å². The quantitative estimate of drug-likeness (QED) is 0.718. The van der Waals surface area contributed by atoms with Crippen LogP contribution in [0, 0.1) is 6.92 Å². The molecule has 0 saturated heterocycles. The van der Waals surface area contributed by atoms with Crippen molar-refractivity contribution in [3.05, 3.63) is 35.5 Å². The number of rotatable bonds is 1. The number of hydrogen-bond donors (Lipinski definition) is 2. The molecule has 1 heterocycles. The van der Waals surface area contributed by atoms with E-state index in [1.807, 2.05) is 13.0 Å². The number of pyridine rings is 1. The maximum atomic E-state index is 9.27. The molecule has 0 unspecified atom stereocenters. The monoisotopic (exact) mass is 189 g/mol. The first-order chi connectivity index (χ1) is 6.70. The van der Waals surface area contributed by atoms with Crippen LogP contribution < -0.4 is 0 Å². The minimum atomic E-state index is -0.0234. The number of aryl methyl sites for hydroxylation is 1. The van der Waals surface area contributed by atoms with Crippen molar-refractivity contribution in [2.75, 3.05) is 0 Å². The third-order valence-electron chi connectivity index (χ3n) is 2.26. The van der Waals surface area contributed by atoms with E-state index < -0.39 is 0 Å². The molecule has 0 amide bonds. The van der Waals surface area contributed by atoms with Gasteiger partial charge in [-0.15, -0.1) is 0 Å². The lowest BCUT2D eigenvalue weighted by atomic mass is 10.1. The molecular weight excluding hydrogens is 178 g/mol. The lowest BCUT2D eigenvalue weighted by Gasteiger charge is -2.04. The Balaban J connectivity index is 2.73. The Morgan fingerprint density at radius 1 is 1.29 bits per heavy atom. The van der Waals surface area contributed by atoms with E-state index >= 15 is 0 Å². The standard InChI is InChI=1S/C11H11NO2/c1-7-9(6-13)4-8-5-10(14)2-3-11(8)12-7/h2-5,13-14H,6H2,1H3. The van der Waals surface area contributed by atoms with Gasteiger partial charge in [0.15, 0.2) is 0 Å². The highest BCUT2D eigenvalue weighted by Gasteiger charge is 2.02. The van der Waals surface area contributed by atoms with E-state index in [9.17, 15) is 5.11 Å². The van der Waals surface area contributed by atoms with Crippen molar-refractivity contribution in [1.29, 1.82) is 0 Å². The van der Waals surface area contributed by atoms with Crippen molar-refractivity contribution in [1.82, 2.24) is 4.98 Å². The van der Waals surface area contributed by atoms with Gasteiger partial charge in [-0.2, -0.15) is 0 Å². The minimum absolute atomic E-state index is 0.0234. The van der Waals surface area contributed by atoms with Gasteiger partial charge in [0.25, 0.3) is 0 Å². The zero-order valence-electron chi connectivity index (χ0n) is 7.86. The molecule has 2 aromatic rings. The summed E-state index contributed by atoms with van der Waals surface area (Å²) < 4.78 is 0. The summed E-state index contributed by atoms with van der Waals surface area (Å²) in [4.78, 5) is 4.32. The fourth-order valence-electron chi connectivity index (χ4n) is 1.46. The number of benzene rings is 1. The second-order valence-corrected chi connectivity index (χ2v) is 3.27. The Hall–Kier alpha value is -1.61. The molecule has 1 aromatic carbocycles. The van der Waals surface area contributed by atoms with Crippen LogP contribution in [0.3, 0.4) is 0 Å². The molecule has 0 saturated carbocycles. The first-order valence-electron chi connectivity index (χ1n) is 4.41. The summed E-state index contributed by atoms with van der Waals surface area (Å²) in [6.45, 7) is 1.84. The predicted molar refractivity (Wildman–Crippen MR) is 54.1 cm³/mol. The van der Waals surface area contributed by atoms with Gasteiger partial charge in [0.2, 0.25) is 0 Å². The average Bonchev–Trinajstić information content (AvgIpc) is 2.17. The Morgan fingerprint density at radius 2 is 2.07 bits per heavy atom. The Kier molecular flexibility index (Phi) is 2.09. The molecule has 0 atom stereocenters. The lowest BCUT2D eigenvalue weighted by Crippen LogP contribution is -1.92. The highest BCUT2D eigenvalue weighted by Crippen LogP contribution is 2.20. The first-order valence-corrected chi connectivity index (χ1v) is 4.41. The average molecular weight is 189 g/mol. The number of aromatic hydroxyl groups is 1. The molecule has 0 radical (unpaired) electrons. The van der Waals surface area contributed by atoms with Crippen LogP contribution in [0.4, 0.5) is 0 Å². The molecule has 0 aliphatic rings. The SMILES string of the molecule is Cc1nc2ccc(O)cc2cc1CO. The number of nitrogens with zero attached hydrogens (tertiary/aromatic N) is 1. The van der Waals surface area contributed by atoms with Crippen molar-refractivity contribution in [3.63, 3.8) is 0 Å². The second kappa shape index (κ2) is 3.27. The lowest BCUT2D eigenvalue weighted by molar-refractivity contribution is 0.280. The van der Waals surface area contributed by atoms with Gasteiger partial charge in [0.1, 0.15) is 5.75 Å². The smallest absolute Gasteiger partial charge is 0.116 e. The van der Waals surface area contributed by atoms with Crippen molar-refractivity contribution in [2.24, 2.45) is 0 Å². The van der Waals surface area contributed by atoms with Crippen molar-refractivity contribution >= 4 is 10.9 Å². The van der Waals surface area contributed by atoms with Crippen LogP contribution in [0.2, 0.25) is 0 Å². The van der Waals surface area contributed by atoms with E-state index in [0.717, 1.165) is 22.2 Å². The van der Waals surface area contributed by atoms with Gasteiger partial charge in [0.05, 0.1) is 12.1 Å². The molecule has 0 aliphatic carbocycles. The Labute approximate surface area is 81.7 Å². The summed E-state index contributed by atoms with van der Waals surface area (Å²) >= 11 is 0. The summed E-state index contributed by atoms with van der Waals surface area (Å²) in [7, 11) is 0. The molecule has 0 aliphatic heterocycles. The summed E-state index contributed by atoms with van der Waals surface area (Å²) in [5.74, 6) is 0.215. The fourth-order valence-corrected chi connectivity index (χ4v) is 1.46. The largest absolute Gasteiger partial charge is 0.508 e. The molecule has 2 rings (SSSR count). The Bertz CT molecular complexity index is 480. The fraction of sp³-hybridized carbons (Fsp3) is 0.182. The zero-order valence-corrected chi connectivity index (χ0v) is 7.86. The highest BCUT2D eigenvalue weighted by molar-refractivity contribution is 5.81. The molecule has 2 N–H and O–H groups in total. The van der Waals surface area contributed by atoms with Crippen molar-refractivity contribution < 1.29 is 10.2 Å². The van der Waals surface area contributed by atoms with E-state index in [1.54, 1.807) is 18.2 Å². The van der Waals surface area contributed by atoms with Crippen molar-refractivity contribution in [3.8, 4) is 5.75 Å². The van der Waals surface area contributed by atoms with Crippen LogP contribution in [0.1, 0.15) is 11.3 Å². The molecule has 0 bridgehead atoms. The van der Waals surface area contributed by atoms with Crippen LogP contribution in [0.15, 0.2) is 24.3 Å². The van der Waals surface area contributed by atoms with Gasteiger partial charge in [-0.1, -0.05) is 0 Å². The van der Waals surface area contributed by atoms with Gasteiger partial charge in [-0.25, -0.2) is 0 Å². The second-order valence-electron chi connectivity index (χ2n) is 3.27. The molecular formula is C11H11NO2. The van der Waals surface area contributed by atoms with Crippen molar-refractivity contribution in [2.45, 2.75) is 13.5 Å². The van der Waals surface area contributed by atoms with Crippen LogP contribution in [-0.2, 0) is 6.61 Å². The number of aromatic nitrogens is 1. The summed E-state index contributed by atoms with van der Waals surface area (Å²) in [6.07, 6.45) is 0. The van der Waals surface area contributed by atoms with E-state index in [0.29, 0.717) is 0 Å².